The van der Waals surface area contributed by atoms with Crippen LogP contribution in [0.5, 0.6) is 0 Å². The van der Waals surface area contributed by atoms with Crippen LogP contribution in [0.15, 0.2) is 30.3 Å². The predicted molar refractivity (Wildman–Crippen MR) is 80.6 cm³/mol. The summed E-state index contributed by atoms with van der Waals surface area (Å²) in [5.41, 5.74) is 1.04. The summed E-state index contributed by atoms with van der Waals surface area (Å²) < 4.78 is 5.12. The molecule has 2 rings (SSSR count). The lowest BCUT2D eigenvalue weighted by Gasteiger charge is -2.32. The summed E-state index contributed by atoms with van der Waals surface area (Å²) in [7, 11) is 0. The Morgan fingerprint density at radius 2 is 2.24 bits per heavy atom. The van der Waals surface area contributed by atoms with Gasteiger partial charge in [-0.25, -0.2) is 0 Å². The van der Waals surface area contributed by atoms with Crippen molar-refractivity contribution in [1.82, 2.24) is 4.90 Å². The maximum absolute atomic E-state index is 11.9. The summed E-state index contributed by atoms with van der Waals surface area (Å²) in [6.07, 6.45) is 1.87. The molecule has 21 heavy (non-hydrogen) atoms. The van der Waals surface area contributed by atoms with Crippen molar-refractivity contribution in [3.05, 3.63) is 35.9 Å². The van der Waals surface area contributed by atoms with E-state index in [1.807, 2.05) is 37.3 Å². The minimum atomic E-state index is -0.146. The van der Waals surface area contributed by atoms with Crippen LogP contribution in [0.2, 0.25) is 0 Å². The molecule has 0 spiro atoms. The molecule has 1 aliphatic heterocycles. The van der Waals surface area contributed by atoms with Crippen LogP contribution in [0.3, 0.4) is 0 Å². The number of nitriles is 1. The van der Waals surface area contributed by atoms with Crippen LogP contribution >= 0.6 is 0 Å². The molecular weight excluding hydrogens is 264 g/mol. The Kier molecular flexibility index (Phi) is 5.77. The van der Waals surface area contributed by atoms with Crippen LogP contribution in [0.25, 0.3) is 0 Å². The fourth-order valence-corrected chi connectivity index (χ4v) is 2.84. The lowest BCUT2D eigenvalue weighted by atomic mass is 9.95. The molecule has 1 fully saturated rings. The van der Waals surface area contributed by atoms with Crippen molar-refractivity contribution in [1.29, 1.82) is 5.26 Å². The van der Waals surface area contributed by atoms with Gasteiger partial charge in [-0.2, -0.15) is 5.26 Å². The number of carbonyl (C=O) groups excluding carboxylic acids is 1. The maximum atomic E-state index is 11.9. The third-order valence-electron chi connectivity index (χ3n) is 3.92. The quantitative estimate of drug-likeness (QED) is 0.781. The summed E-state index contributed by atoms with van der Waals surface area (Å²) in [6, 6.07) is 12.2. The molecule has 1 aromatic carbocycles. The van der Waals surface area contributed by atoms with Gasteiger partial charge < -0.3 is 9.64 Å². The van der Waals surface area contributed by atoms with Crippen LogP contribution in [-0.2, 0) is 9.53 Å². The summed E-state index contributed by atoms with van der Waals surface area (Å²) >= 11 is 0. The number of rotatable bonds is 5. The standard InChI is InChI=1S/C17H22N2O2/c1-2-21-17(20)15-9-6-10-19(12-15)13-16(11-18)14-7-4-3-5-8-14/h3-5,7-8,15-16H,2,6,9-10,12-13H2,1H3. The molecule has 1 heterocycles. The zero-order valence-electron chi connectivity index (χ0n) is 12.5. The highest BCUT2D eigenvalue weighted by Crippen LogP contribution is 2.22. The van der Waals surface area contributed by atoms with Crippen molar-refractivity contribution in [2.45, 2.75) is 25.7 Å². The Labute approximate surface area is 126 Å². The van der Waals surface area contributed by atoms with Gasteiger partial charge in [0.05, 0.1) is 24.5 Å². The average molecular weight is 286 g/mol. The number of ether oxygens (including phenoxy) is 1. The molecule has 1 saturated heterocycles. The number of likely N-dealkylation sites (tertiary alicyclic amines) is 1. The third kappa shape index (κ3) is 4.30. The number of hydrogen-bond acceptors (Lipinski definition) is 4. The van der Waals surface area contributed by atoms with Crippen LogP contribution in [0.1, 0.15) is 31.2 Å². The molecule has 0 saturated carbocycles. The largest absolute Gasteiger partial charge is 0.466 e. The molecule has 2 unspecified atom stereocenters. The molecule has 1 aromatic rings. The number of benzene rings is 1. The molecular formula is C17H22N2O2. The van der Waals surface area contributed by atoms with E-state index < -0.39 is 0 Å². The fourth-order valence-electron chi connectivity index (χ4n) is 2.84. The van der Waals surface area contributed by atoms with E-state index in [9.17, 15) is 10.1 Å². The predicted octanol–water partition coefficient (Wildman–Crippen LogP) is 2.57. The molecule has 2 atom stereocenters. The first-order valence-corrected chi connectivity index (χ1v) is 7.58. The highest BCUT2D eigenvalue weighted by Gasteiger charge is 2.28. The number of hydrogen-bond donors (Lipinski definition) is 0. The fraction of sp³-hybridized carbons (Fsp3) is 0.529. The first kappa shape index (κ1) is 15.5. The lowest BCUT2D eigenvalue weighted by molar-refractivity contribution is -0.149. The molecule has 0 radical (unpaired) electrons. The number of piperidine rings is 1. The van der Waals surface area contributed by atoms with Crippen molar-refractivity contribution < 1.29 is 9.53 Å². The van der Waals surface area contributed by atoms with E-state index in [1.165, 1.54) is 0 Å². The molecule has 4 heteroatoms. The molecule has 112 valence electrons. The molecule has 4 nitrogen and oxygen atoms in total. The van der Waals surface area contributed by atoms with E-state index in [-0.39, 0.29) is 17.8 Å². The Morgan fingerprint density at radius 1 is 1.48 bits per heavy atom. The average Bonchev–Trinajstić information content (AvgIpc) is 2.54. The molecule has 0 aromatic heterocycles. The first-order chi connectivity index (χ1) is 10.2. The number of nitrogens with zero attached hydrogens (tertiary/aromatic N) is 2. The zero-order chi connectivity index (χ0) is 15.1. The smallest absolute Gasteiger partial charge is 0.310 e. The minimum Gasteiger partial charge on any atom is -0.466 e. The highest BCUT2D eigenvalue weighted by atomic mass is 16.5. The Bertz CT molecular complexity index is 495. The Balaban J connectivity index is 1.95. The van der Waals surface area contributed by atoms with Gasteiger partial charge in [0.1, 0.15) is 0 Å². The van der Waals surface area contributed by atoms with Gasteiger partial charge in [-0.3, -0.25) is 4.79 Å². The Hall–Kier alpha value is -1.86. The molecule has 0 bridgehead atoms. The monoisotopic (exact) mass is 286 g/mol. The van der Waals surface area contributed by atoms with Crippen molar-refractivity contribution in [3.63, 3.8) is 0 Å². The van der Waals surface area contributed by atoms with E-state index in [4.69, 9.17) is 4.74 Å². The molecule has 1 aliphatic rings. The van der Waals surface area contributed by atoms with Crippen LogP contribution in [-0.4, -0.2) is 37.1 Å². The van der Waals surface area contributed by atoms with Gasteiger partial charge in [-0.05, 0) is 31.9 Å². The van der Waals surface area contributed by atoms with Gasteiger partial charge in [-0.1, -0.05) is 30.3 Å². The summed E-state index contributed by atoms with van der Waals surface area (Å²) in [6.45, 7) is 4.58. The second kappa shape index (κ2) is 7.80. The van der Waals surface area contributed by atoms with Crippen molar-refractivity contribution in [2.24, 2.45) is 5.92 Å². The van der Waals surface area contributed by atoms with Gasteiger partial charge >= 0.3 is 5.97 Å². The zero-order valence-corrected chi connectivity index (χ0v) is 12.5. The lowest BCUT2D eigenvalue weighted by Crippen LogP contribution is -2.41. The van der Waals surface area contributed by atoms with Gasteiger partial charge in [0.2, 0.25) is 0 Å². The third-order valence-corrected chi connectivity index (χ3v) is 3.92. The maximum Gasteiger partial charge on any atom is 0.310 e. The van der Waals surface area contributed by atoms with E-state index in [0.29, 0.717) is 19.7 Å². The van der Waals surface area contributed by atoms with Crippen LogP contribution in [0.4, 0.5) is 0 Å². The van der Waals surface area contributed by atoms with Gasteiger partial charge in [0.15, 0.2) is 0 Å². The van der Waals surface area contributed by atoms with Gasteiger partial charge in [0.25, 0.3) is 0 Å². The first-order valence-electron chi connectivity index (χ1n) is 7.58. The minimum absolute atomic E-state index is 0.0474. The van der Waals surface area contributed by atoms with E-state index >= 15 is 0 Å². The molecule has 0 aliphatic carbocycles. The molecule has 0 N–H and O–H groups in total. The second-order valence-corrected chi connectivity index (χ2v) is 5.44. The summed E-state index contributed by atoms with van der Waals surface area (Å²) in [4.78, 5) is 14.1. The van der Waals surface area contributed by atoms with Crippen molar-refractivity contribution >= 4 is 5.97 Å². The van der Waals surface area contributed by atoms with Crippen LogP contribution < -0.4 is 0 Å². The van der Waals surface area contributed by atoms with Crippen molar-refractivity contribution in [3.8, 4) is 6.07 Å². The number of carbonyl (C=O) groups is 1. The molecule has 0 amide bonds. The highest BCUT2D eigenvalue weighted by molar-refractivity contribution is 5.72. The van der Waals surface area contributed by atoms with Crippen LogP contribution in [0, 0.1) is 17.2 Å². The summed E-state index contributed by atoms with van der Waals surface area (Å²) in [5.74, 6) is -0.295. The van der Waals surface area contributed by atoms with E-state index in [2.05, 4.69) is 11.0 Å². The number of esters is 1. The van der Waals surface area contributed by atoms with Gasteiger partial charge in [0, 0.05) is 13.1 Å². The topological polar surface area (TPSA) is 53.3 Å². The normalized spacial score (nSPS) is 20.5. The summed E-state index contributed by atoms with van der Waals surface area (Å²) in [5, 5.41) is 9.40. The van der Waals surface area contributed by atoms with Crippen molar-refractivity contribution in [2.75, 3.05) is 26.2 Å². The SMILES string of the molecule is CCOC(=O)C1CCCN(CC(C#N)c2ccccc2)C1. The van der Waals surface area contributed by atoms with E-state index in [1.54, 1.807) is 0 Å². The Morgan fingerprint density at radius 3 is 2.90 bits per heavy atom. The van der Waals surface area contributed by atoms with E-state index in [0.717, 1.165) is 24.9 Å². The second-order valence-electron chi connectivity index (χ2n) is 5.44. The van der Waals surface area contributed by atoms with Gasteiger partial charge in [-0.15, -0.1) is 0 Å².